The van der Waals surface area contributed by atoms with Gasteiger partial charge in [-0.05, 0) is 42.0 Å². The van der Waals surface area contributed by atoms with Crippen LogP contribution in [-0.2, 0) is 17.8 Å². The van der Waals surface area contributed by atoms with Crippen molar-refractivity contribution >= 4 is 40.4 Å². The van der Waals surface area contributed by atoms with Crippen LogP contribution in [0.15, 0.2) is 67.0 Å². The summed E-state index contributed by atoms with van der Waals surface area (Å²) < 4.78 is 13.2. The number of carbonyl (C=O) groups is 1. The fourth-order valence-corrected chi connectivity index (χ4v) is 3.59. The lowest BCUT2D eigenvalue weighted by molar-refractivity contribution is -0.115. The van der Waals surface area contributed by atoms with Gasteiger partial charge in [-0.15, -0.1) is 0 Å². The van der Waals surface area contributed by atoms with E-state index in [1.165, 1.54) is 0 Å². The average molecular weight is 456 g/mol. The van der Waals surface area contributed by atoms with Crippen LogP contribution in [0.5, 0.6) is 11.5 Å². The molecule has 0 atom stereocenters. The lowest BCUT2D eigenvalue weighted by Gasteiger charge is -2.13. The van der Waals surface area contributed by atoms with Crippen LogP contribution in [0.4, 0.5) is 5.69 Å². The lowest BCUT2D eigenvalue weighted by Crippen LogP contribution is -2.14. The molecule has 0 spiro atoms. The number of fused-ring (bicyclic) bond motifs is 1. The summed E-state index contributed by atoms with van der Waals surface area (Å²) in [7, 11) is 1.56. The first-order chi connectivity index (χ1) is 15.0. The minimum atomic E-state index is -0.208. The summed E-state index contributed by atoms with van der Waals surface area (Å²) in [4.78, 5) is 17.0. The number of carbonyl (C=O) groups excluding carboxylic acids is 1. The first-order valence-corrected chi connectivity index (χ1v) is 10.2. The van der Waals surface area contributed by atoms with Crippen LogP contribution in [0.25, 0.3) is 5.65 Å². The molecular formula is C23H19Cl2N3O3. The smallest absolute Gasteiger partial charge is 0.228 e. The van der Waals surface area contributed by atoms with E-state index in [1.54, 1.807) is 43.5 Å². The minimum Gasteiger partial charge on any atom is -0.493 e. The van der Waals surface area contributed by atoms with Gasteiger partial charge in [-0.3, -0.25) is 4.79 Å². The van der Waals surface area contributed by atoms with Crippen molar-refractivity contribution in [2.24, 2.45) is 0 Å². The molecule has 4 rings (SSSR count). The standard InChI is InChI=1S/C23H19Cl2N3O3/c1-30-20-8-7-17(27-23(29)10-15-5-6-16(24)11-19(15)25)12-21(20)31-14-18-13-28-9-3-2-4-22(28)26-18/h2-9,11-13H,10,14H2,1H3,(H,27,29). The van der Waals surface area contributed by atoms with Gasteiger partial charge < -0.3 is 19.2 Å². The Morgan fingerprint density at radius 2 is 1.97 bits per heavy atom. The molecule has 2 heterocycles. The Hall–Kier alpha value is -3.22. The van der Waals surface area contributed by atoms with Crippen molar-refractivity contribution in [2.45, 2.75) is 13.0 Å². The van der Waals surface area contributed by atoms with Crippen LogP contribution >= 0.6 is 23.2 Å². The van der Waals surface area contributed by atoms with E-state index in [-0.39, 0.29) is 18.9 Å². The van der Waals surface area contributed by atoms with E-state index >= 15 is 0 Å². The second-order valence-electron chi connectivity index (χ2n) is 6.81. The molecule has 0 fully saturated rings. The first-order valence-electron chi connectivity index (χ1n) is 9.49. The predicted molar refractivity (Wildman–Crippen MR) is 121 cm³/mol. The van der Waals surface area contributed by atoms with Crippen molar-refractivity contribution in [1.82, 2.24) is 9.38 Å². The molecule has 0 radical (unpaired) electrons. The van der Waals surface area contributed by atoms with Gasteiger partial charge in [0.1, 0.15) is 12.3 Å². The number of aromatic nitrogens is 2. The number of imidazole rings is 1. The molecule has 4 aromatic rings. The van der Waals surface area contributed by atoms with E-state index in [2.05, 4.69) is 10.3 Å². The molecule has 0 unspecified atom stereocenters. The number of hydrogen-bond acceptors (Lipinski definition) is 4. The Morgan fingerprint density at radius 1 is 1.10 bits per heavy atom. The normalized spacial score (nSPS) is 10.8. The van der Waals surface area contributed by atoms with Crippen LogP contribution in [-0.4, -0.2) is 22.4 Å². The summed E-state index contributed by atoms with van der Waals surface area (Å²) in [5, 5.41) is 3.84. The van der Waals surface area contributed by atoms with E-state index in [0.717, 1.165) is 11.3 Å². The van der Waals surface area contributed by atoms with E-state index in [4.69, 9.17) is 32.7 Å². The second-order valence-corrected chi connectivity index (χ2v) is 7.66. The van der Waals surface area contributed by atoms with Gasteiger partial charge in [-0.1, -0.05) is 35.3 Å². The molecule has 2 aromatic heterocycles. The Kier molecular flexibility index (Phi) is 6.30. The summed E-state index contributed by atoms with van der Waals surface area (Å²) in [6.07, 6.45) is 3.96. The van der Waals surface area contributed by atoms with Crippen molar-refractivity contribution in [3.8, 4) is 11.5 Å². The van der Waals surface area contributed by atoms with Gasteiger partial charge >= 0.3 is 0 Å². The molecule has 2 aromatic carbocycles. The number of benzene rings is 2. The molecule has 158 valence electrons. The number of hydrogen-bond donors (Lipinski definition) is 1. The van der Waals surface area contributed by atoms with Gasteiger partial charge in [0, 0.05) is 34.2 Å². The van der Waals surface area contributed by atoms with Crippen LogP contribution in [0.3, 0.4) is 0 Å². The number of amides is 1. The van der Waals surface area contributed by atoms with Crippen LogP contribution in [0.2, 0.25) is 10.0 Å². The van der Waals surface area contributed by atoms with Crippen molar-refractivity contribution in [3.63, 3.8) is 0 Å². The number of rotatable bonds is 7. The van der Waals surface area contributed by atoms with Gasteiger partial charge in [-0.2, -0.15) is 0 Å². The predicted octanol–water partition coefficient (Wildman–Crippen LogP) is 5.41. The minimum absolute atomic E-state index is 0.124. The maximum absolute atomic E-state index is 12.5. The molecule has 0 bridgehead atoms. The number of pyridine rings is 1. The van der Waals surface area contributed by atoms with Gasteiger partial charge in [0.05, 0.1) is 19.2 Å². The fourth-order valence-electron chi connectivity index (χ4n) is 3.12. The molecule has 0 aliphatic heterocycles. The van der Waals surface area contributed by atoms with Crippen LogP contribution < -0.4 is 14.8 Å². The maximum atomic E-state index is 12.5. The molecule has 0 saturated heterocycles. The highest BCUT2D eigenvalue weighted by atomic mass is 35.5. The van der Waals surface area contributed by atoms with Gasteiger partial charge in [-0.25, -0.2) is 4.98 Å². The summed E-state index contributed by atoms with van der Waals surface area (Å²) in [5.74, 6) is 0.852. The number of nitrogens with one attached hydrogen (secondary N) is 1. The number of methoxy groups -OCH3 is 1. The third-order valence-electron chi connectivity index (χ3n) is 4.60. The van der Waals surface area contributed by atoms with Gasteiger partial charge in [0.15, 0.2) is 11.5 Å². The zero-order chi connectivity index (χ0) is 21.8. The van der Waals surface area contributed by atoms with E-state index in [1.807, 2.05) is 35.0 Å². The van der Waals surface area contributed by atoms with Crippen LogP contribution in [0.1, 0.15) is 11.3 Å². The summed E-state index contributed by atoms with van der Waals surface area (Å²) in [5.41, 5.74) is 2.90. The summed E-state index contributed by atoms with van der Waals surface area (Å²) in [6.45, 7) is 0.260. The van der Waals surface area contributed by atoms with Gasteiger partial charge in [0.25, 0.3) is 0 Å². The molecule has 8 heteroatoms. The highest BCUT2D eigenvalue weighted by Crippen LogP contribution is 2.31. The highest BCUT2D eigenvalue weighted by molar-refractivity contribution is 6.35. The van der Waals surface area contributed by atoms with Crippen molar-refractivity contribution in [3.05, 3.63) is 88.3 Å². The molecule has 0 aliphatic rings. The van der Waals surface area contributed by atoms with E-state index in [0.29, 0.717) is 32.8 Å². The molecule has 0 saturated carbocycles. The number of halogens is 2. The number of nitrogens with zero attached hydrogens (tertiary/aromatic N) is 2. The number of anilines is 1. The zero-order valence-electron chi connectivity index (χ0n) is 16.6. The molecule has 31 heavy (non-hydrogen) atoms. The third-order valence-corrected chi connectivity index (χ3v) is 5.19. The maximum Gasteiger partial charge on any atom is 0.228 e. The second kappa shape index (κ2) is 9.29. The van der Waals surface area contributed by atoms with Gasteiger partial charge in [0.2, 0.25) is 5.91 Å². The Balaban J connectivity index is 1.45. The SMILES string of the molecule is COc1ccc(NC(=O)Cc2ccc(Cl)cc2Cl)cc1OCc1cn2ccccc2n1. The fraction of sp³-hybridized carbons (Fsp3) is 0.130. The van der Waals surface area contributed by atoms with Crippen molar-refractivity contribution < 1.29 is 14.3 Å². The Labute approximate surface area is 189 Å². The zero-order valence-corrected chi connectivity index (χ0v) is 18.2. The quantitative estimate of drug-likeness (QED) is 0.404. The lowest BCUT2D eigenvalue weighted by atomic mass is 10.1. The number of ether oxygens (including phenoxy) is 2. The average Bonchev–Trinajstić information content (AvgIpc) is 3.17. The van der Waals surface area contributed by atoms with Crippen molar-refractivity contribution in [1.29, 1.82) is 0 Å². The third kappa shape index (κ3) is 5.10. The first kappa shape index (κ1) is 21.0. The monoisotopic (exact) mass is 455 g/mol. The highest BCUT2D eigenvalue weighted by Gasteiger charge is 2.12. The van der Waals surface area contributed by atoms with E-state index < -0.39 is 0 Å². The van der Waals surface area contributed by atoms with Crippen molar-refractivity contribution in [2.75, 3.05) is 12.4 Å². The summed E-state index contributed by atoms with van der Waals surface area (Å²) >= 11 is 12.1. The Morgan fingerprint density at radius 3 is 2.74 bits per heavy atom. The molecule has 1 N–H and O–H groups in total. The molecule has 6 nitrogen and oxygen atoms in total. The largest absolute Gasteiger partial charge is 0.493 e. The molecule has 0 aliphatic carbocycles. The summed E-state index contributed by atoms with van der Waals surface area (Å²) in [6, 6.07) is 16.1. The van der Waals surface area contributed by atoms with E-state index in [9.17, 15) is 4.79 Å². The topological polar surface area (TPSA) is 64.9 Å². The Bertz CT molecular complexity index is 1210. The van der Waals surface area contributed by atoms with Crippen LogP contribution in [0, 0.1) is 0 Å². The molecule has 1 amide bonds. The molecular weight excluding hydrogens is 437 g/mol.